The van der Waals surface area contributed by atoms with Gasteiger partial charge in [0.25, 0.3) is 0 Å². The molecule has 3 N–H and O–H groups in total. The molecule has 0 spiro atoms. The summed E-state index contributed by atoms with van der Waals surface area (Å²) in [5.41, 5.74) is 6.88. The lowest BCUT2D eigenvalue weighted by Gasteiger charge is -2.19. The van der Waals surface area contributed by atoms with Crippen molar-refractivity contribution in [3.8, 4) is 5.75 Å². The molecule has 4 heteroatoms. The molecule has 1 aromatic rings. The van der Waals surface area contributed by atoms with E-state index in [2.05, 4.69) is 12.2 Å². The van der Waals surface area contributed by atoms with Crippen LogP contribution in [0.25, 0.3) is 0 Å². The number of rotatable bonds is 7. The molecule has 106 valence electrons. The van der Waals surface area contributed by atoms with Crippen molar-refractivity contribution >= 4 is 5.91 Å². The van der Waals surface area contributed by atoms with Gasteiger partial charge in [-0.25, -0.2) is 0 Å². The monoisotopic (exact) mass is 264 g/mol. The first-order valence-corrected chi connectivity index (χ1v) is 6.79. The summed E-state index contributed by atoms with van der Waals surface area (Å²) >= 11 is 0. The number of nitrogens with one attached hydrogen (secondary N) is 1. The molecular formula is C15H24N2O2. The van der Waals surface area contributed by atoms with E-state index >= 15 is 0 Å². The fourth-order valence-electron chi connectivity index (χ4n) is 1.89. The number of benzene rings is 1. The maximum atomic E-state index is 11.9. The van der Waals surface area contributed by atoms with Crippen molar-refractivity contribution in [2.45, 2.75) is 45.2 Å². The first-order chi connectivity index (χ1) is 9.10. The summed E-state index contributed by atoms with van der Waals surface area (Å²) in [4.78, 5) is 11.9. The van der Waals surface area contributed by atoms with Crippen LogP contribution in [0.1, 0.15) is 44.7 Å². The molecule has 2 unspecified atom stereocenters. The zero-order chi connectivity index (χ0) is 14.3. The first-order valence-electron chi connectivity index (χ1n) is 6.79. The van der Waals surface area contributed by atoms with Crippen LogP contribution in [0, 0.1) is 0 Å². The van der Waals surface area contributed by atoms with Gasteiger partial charge < -0.3 is 15.8 Å². The number of hydrogen-bond donors (Lipinski definition) is 2. The van der Waals surface area contributed by atoms with E-state index in [4.69, 9.17) is 10.5 Å². The van der Waals surface area contributed by atoms with E-state index in [1.165, 1.54) is 0 Å². The van der Waals surface area contributed by atoms with E-state index in [1.54, 1.807) is 7.11 Å². The quantitative estimate of drug-likeness (QED) is 0.794. The normalized spacial score (nSPS) is 13.7. The van der Waals surface area contributed by atoms with Gasteiger partial charge >= 0.3 is 0 Å². The van der Waals surface area contributed by atoms with E-state index in [0.29, 0.717) is 6.42 Å². The van der Waals surface area contributed by atoms with Crippen LogP contribution in [0.5, 0.6) is 5.75 Å². The van der Waals surface area contributed by atoms with Crippen LogP contribution >= 0.6 is 0 Å². The summed E-state index contributed by atoms with van der Waals surface area (Å²) in [5.74, 6) is 0.829. The predicted octanol–water partition coefficient (Wildman–Crippen LogP) is 2.39. The minimum absolute atomic E-state index is 0.0111. The number of carbonyl (C=O) groups excluding carboxylic acids is 1. The molecule has 0 bridgehead atoms. The van der Waals surface area contributed by atoms with Gasteiger partial charge in [0.05, 0.1) is 13.2 Å². The molecular weight excluding hydrogens is 240 g/mol. The zero-order valence-corrected chi connectivity index (χ0v) is 12.0. The molecule has 19 heavy (non-hydrogen) atoms. The zero-order valence-electron chi connectivity index (χ0n) is 12.0. The van der Waals surface area contributed by atoms with E-state index in [-0.39, 0.29) is 18.0 Å². The van der Waals surface area contributed by atoms with Crippen molar-refractivity contribution in [2.24, 2.45) is 5.73 Å². The second kappa shape index (κ2) is 7.79. The van der Waals surface area contributed by atoms with Gasteiger partial charge in [0.2, 0.25) is 5.91 Å². The van der Waals surface area contributed by atoms with Crippen LogP contribution < -0.4 is 15.8 Å². The molecule has 0 aliphatic carbocycles. The maximum absolute atomic E-state index is 11.9. The molecule has 0 saturated carbocycles. The average Bonchev–Trinajstić information content (AvgIpc) is 2.44. The fraction of sp³-hybridized carbons (Fsp3) is 0.533. The number of methoxy groups -OCH3 is 1. The van der Waals surface area contributed by atoms with Crippen molar-refractivity contribution in [1.29, 1.82) is 0 Å². The molecule has 0 radical (unpaired) electrons. The van der Waals surface area contributed by atoms with E-state index in [9.17, 15) is 4.79 Å². The molecule has 0 saturated heterocycles. The van der Waals surface area contributed by atoms with Gasteiger partial charge in [-0.3, -0.25) is 4.79 Å². The third kappa shape index (κ3) is 4.91. The molecule has 0 aliphatic heterocycles. The second-order valence-corrected chi connectivity index (χ2v) is 4.67. The molecule has 1 rings (SSSR count). The first kappa shape index (κ1) is 15.5. The van der Waals surface area contributed by atoms with Crippen molar-refractivity contribution in [3.63, 3.8) is 0 Å². The number of carbonyl (C=O) groups is 1. The minimum atomic E-state index is -0.0617. The van der Waals surface area contributed by atoms with Crippen molar-refractivity contribution in [2.75, 3.05) is 7.11 Å². The summed E-state index contributed by atoms with van der Waals surface area (Å²) in [6, 6.07) is 7.74. The molecule has 0 aromatic heterocycles. The van der Waals surface area contributed by atoms with E-state index in [1.807, 2.05) is 31.2 Å². The largest absolute Gasteiger partial charge is 0.497 e. The number of nitrogens with two attached hydrogens (primary N) is 1. The van der Waals surface area contributed by atoms with Gasteiger partial charge in [-0.1, -0.05) is 26.0 Å². The highest BCUT2D eigenvalue weighted by Crippen LogP contribution is 2.20. The number of amides is 1. The highest BCUT2D eigenvalue weighted by atomic mass is 16.5. The van der Waals surface area contributed by atoms with Crippen LogP contribution in [0.3, 0.4) is 0 Å². The smallest absolute Gasteiger partial charge is 0.222 e. The molecule has 1 amide bonds. The van der Waals surface area contributed by atoms with Crippen LogP contribution in [-0.2, 0) is 4.79 Å². The Morgan fingerprint density at radius 3 is 2.37 bits per heavy atom. The Morgan fingerprint density at radius 1 is 1.26 bits per heavy atom. The Hall–Kier alpha value is -1.55. The topological polar surface area (TPSA) is 64.4 Å². The van der Waals surface area contributed by atoms with Crippen molar-refractivity contribution < 1.29 is 9.53 Å². The second-order valence-electron chi connectivity index (χ2n) is 4.67. The van der Waals surface area contributed by atoms with Crippen LogP contribution in [0.2, 0.25) is 0 Å². The molecule has 4 nitrogen and oxygen atoms in total. The third-order valence-electron chi connectivity index (χ3n) is 3.23. The number of hydrogen-bond acceptors (Lipinski definition) is 3. The molecule has 2 atom stereocenters. The standard InChI is InChI=1S/C15H24N2O2/c1-4-12(16)10-15(18)17-14(5-2)11-6-8-13(19-3)9-7-11/h6-9,12,14H,4-5,10,16H2,1-3H3,(H,17,18). The van der Waals surface area contributed by atoms with Gasteiger partial charge in [0, 0.05) is 12.5 Å². The Morgan fingerprint density at radius 2 is 1.89 bits per heavy atom. The lowest BCUT2D eigenvalue weighted by Crippen LogP contribution is -2.33. The van der Waals surface area contributed by atoms with Crippen LogP contribution in [-0.4, -0.2) is 19.1 Å². The van der Waals surface area contributed by atoms with Crippen LogP contribution in [0.15, 0.2) is 24.3 Å². The summed E-state index contributed by atoms with van der Waals surface area (Å²) in [6.45, 7) is 4.04. The SMILES string of the molecule is CCC(N)CC(=O)NC(CC)c1ccc(OC)cc1. The maximum Gasteiger partial charge on any atom is 0.222 e. The van der Waals surface area contributed by atoms with Gasteiger partial charge in [-0.15, -0.1) is 0 Å². The minimum Gasteiger partial charge on any atom is -0.497 e. The summed E-state index contributed by atoms with van der Waals surface area (Å²) < 4.78 is 5.13. The Balaban J connectivity index is 2.64. The highest BCUT2D eigenvalue weighted by molar-refractivity contribution is 5.77. The molecule has 1 aromatic carbocycles. The Kier molecular flexibility index (Phi) is 6.36. The molecule has 0 heterocycles. The number of ether oxygens (including phenoxy) is 1. The van der Waals surface area contributed by atoms with E-state index < -0.39 is 0 Å². The van der Waals surface area contributed by atoms with Crippen LogP contribution in [0.4, 0.5) is 0 Å². The summed E-state index contributed by atoms with van der Waals surface area (Å²) in [7, 11) is 1.64. The average molecular weight is 264 g/mol. The van der Waals surface area contributed by atoms with Gasteiger partial charge in [0.1, 0.15) is 5.75 Å². The van der Waals surface area contributed by atoms with Crippen molar-refractivity contribution in [3.05, 3.63) is 29.8 Å². The Bertz CT molecular complexity index is 390. The molecule has 0 aliphatic rings. The summed E-state index contributed by atoms with van der Waals surface area (Å²) in [5, 5.41) is 3.03. The Labute approximate surface area is 115 Å². The highest BCUT2D eigenvalue weighted by Gasteiger charge is 2.14. The third-order valence-corrected chi connectivity index (χ3v) is 3.23. The lowest BCUT2D eigenvalue weighted by atomic mass is 10.0. The fourth-order valence-corrected chi connectivity index (χ4v) is 1.89. The molecule has 0 fully saturated rings. The lowest BCUT2D eigenvalue weighted by molar-refractivity contribution is -0.122. The van der Waals surface area contributed by atoms with Crippen molar-refractivity contribution in [1.82, 2.24) is 5.32 Å². The predicted molar refractivity (Wildman–Crippen MR) is 77.1 cm³/mol. The van der Waals surface area contributed by atoms with Gasteiger partial charge in [0.15, 0.2) is 0 Å². The van der Waals surface area contributed by atoms with Gasteiger partial charge in [-0.2, -0.15) is 0 Å². The summed E-state index contributed by atoms with van der Waals surface area (Å²) in [6.07, 6.45) is 2.04. The van der Waals surface area contributed by atoms with Gasteiger partial charge in [-0.05, 0) is 30.5 Å². The van der Waals surface area contributed by atoms with E-state index in [0.717, 1.165) is 24.2 Å².